The van der Waals surface area contributed by atoms with E-state index in [9.17, 15) is 15.0 Å². The van der Waals surface area contributed by atoms with Crippen LogP contribution in [0.3, 0.4) is 0 Å². The van der Waals surface area contributed by atoms with Gasteiger partial charge in [-0.2, -0.15) is 0 Å². The number of aliphatic hydroxyl groups excluding tert-OH is 3. The molecule has 0 spiro atoms. The van der Waals surface area contributed by atoms with Crippen LogP contribution in [-0.2, 0) is 14.3 Å². The zero-order chi connectivity index (χ0) is 29.8. The van der Waals surface area contributed by atoms with Gasteiger partial charge in [-0.3, -0.25) is 0 Å². The minimum Gasteiger partial charge on any atom is -0.462 e. The Hall–Kier alpha value is -2.06. The predicted molar refractivity (Wildman–Crippen MR) is 159 cm³/mol. The highest BCUT2D eigenvalue weighted by Crippen LogP contribution is 2.45. The third kappa shape index (κ3) is 10.0. The van der Waals surface area contributed by atoms with Crippen LogP contribution in [-0.4, -0.2) is 54.0 Å². The van der Waals surface area contributed by atoms with E-state index >= 15 is 4.39 Å². The van der Waals surface area contributed by atoms with Crippen molar-refractivity contribution in [2.24, 2.45) is 17.8 Å². The van der Waals surface area contributed by atoms with Crippen LogP contribution in [0, 0.1) is 23.6 Å². The van der Waals surface area contributed by atoms with Crippen molar-refractivity contribution in [3.8, 4) is 0 Å². The maximum atomic E-state index is 15.5. The number of hydrogen-bond acceptors (Lipinski definition) is 6. The summed E-state index contributed by atoms with van der Waals surface area (Å²) in [4.78, 5) is 12.0. The van der Waals surface area contributed by atoms with Crippen LogP contribution in [0.25, 0.3) is 0 Å². The molecule has 41 heavy (non-hydrogen) atoms. The number of rotatable bonds is 16. The number of esters is 1. The summed E-state index contributed by atoms with van der Waals surface area (Å²) in [6.45, 7) is 8.07. The lowest BCUT2D eigenvalue weighted by atomic mass is 9.68. The normalized spacial score (nSPS) is 24.4. The van der Waals surface area contributed by atoms with Crippen molar-refractivity contribution in [3.63, 3.8) is 0 Å². The molecule has 0 bridgehead atoms. The highest BCUT2D eigenvalue weighted by Gasteiger charge is 2.32. The first-order valence-electron chi connectivity index (χ1n) is 15.6. The zero-order valence-corrected chi connectivity index (χ0v) is 24.9. The third-order valence-corrected chi connectivity index (χ3v) is 9.38. The Bertz CT molecular complexity index is 977. The lowest BCUT2D eigenvalue weighted by Gasteiger charge is -2.38. The first-order chi connectivity index (χ1) is 19.8. The van der Waals surface area contributed by atoms with Gasteiger partial charge >= 0.3 is 5.97 Å². The van der Waals surface area contributed by atoms with Crippen LogP contribution in [0.2, 0.25) is 0 Å². The number of benzene rings is 1. The van der Waals surface area contributed by atoms with Crippen molar-refractivity contribution in [1.29, 1.82) is 0 Å². The monoisotopic (exact) mass is 574 g/mol. The summed E-state index contributed by atoms with van der Waals surface area (Å²) in [6.07, 6.45) is 13.8. The summed E-state index contributed by atoms with van der Waals surface area (Å²) in [7, 11) is 0. The molecule has 1 aromatic rings. The van der Waals surface area contributed by atoms with Crippen molar-refractivity contribution in [2.45, 2.75) is 102 Å². The average molecular weight is 575 g/mol. The Morgan fingerprint density at radius 3 is 2.22 bits per heavy atom. The van der Waals surface area contributed by atoms with Crippen molar-refractivity contribution in [3.05, 3.63) is 59.4 Å². The fourth-order valence-electron chi connectivity index (χ4n) is 6.65. The fraction of sp³-hybridized carbons (Fsp3) is 0.676. The van der Waals surface area contributed by atoms with Crippen LogP contribution < -0.4 is 0 Å². The van der Waals surface area contributed by atoms with Gasteiger partial charge in [0.25, 0.3) is 0 Å². The molecule has 3 rings (SSSR count). The topological polar surface area (TPSA) is 96.2 Å². The number of ether oxygens (including phenoxy) is 2. The van der Waals surface area contributed by atoms with Gasteiger partial charge in [-0.1, -0.05) is 70.7 Å². The van der Waals surface area contributed by atoms with Gasteiger partial charge in [0.15, 0.2) is 6.29 Å². The zero-order valence-electron chi connectivity index (χ0n) is 24.9. The quantitative estimate of drug-likeness (QED) is 0.0682. The highest BCUT2D eigenvalue weighted by atomic mass is 19.1. The first kappa shape index (κ1) is 33.4. The molecular weight excluding hydrogens is 523 g/mol. The molecule has 3 N–H and O–H groups in total. The summed E-state index contributed by atoms with van der Waals surface area (Å²) in [5.41, 5.74) is 1.30. The molecule has 230 valence electrons. The standard InChI is InChI=1S/C34H51FO6/c1-4-5-6-7-25-8-10-26(11-9-25)27-12-14-28(15-13-27)31-17-16-29(18-32(31)35)30(21-40-33(38)23(2)19-36)22-41-34(39)24(3)20-37/h16-18,25-28,30,33,36-38H,2-15,19-22H2,1H3. The number of unbranched alkanes of at least 4 members (excludes halogenated alkanes) is 2. The summed E-state index contributed by atoms with van der Waals surface area (Å²) in [5, 5.41) is 28.4. The van der Waals surface area contributed by atoms with Gasteiger partial charge in [0.05, 0.1) is 25.4 Å². The van der Waals surface area contributed by atoms with Gasteiger partial charge in [0.1, 0.15) is 12.4 Å². The molecule has 0 aliphatic heterocycles. The predicted octanol–water partition coefficient (Wildman–Crippen LogP) is 6.55. The largest absolute Gasteiger partial charge is 0.462 e. The molecule has 2 atom stereocenters. The Balaban J connectivity index is 1.58. The third-order valence-electron chi connectivity index (χ3n) is 9.38. The molecule has 2 unspecified atom stereocenters. The maximum Gasteiger partial charge on any atom is 0.335 e. The van der Waals surface area contributed by atoms with Crippen LogP contribution >= 0.6 is 0 Å². The highest BCUT2D eigenvalue weighted by molar-refractivity contribution is 5.87. The molecule has 1 aromatic carbocycles. The molecule has 2 aliphatic carbocycles. The van der Waals surface area contributed by atoms with Gasteiger partial charge < -0.3 is 24.8 Å². The van der Waals surface area contributed by atoms with E-state index in [2.05, 4.69) is 20.1 Å². The second-order valence-electron chi connectivity index (χ2n) is 12.2. The second-order valence-corrected chi connectivity index (χ2v) is 12.2. The molecule has 0 radical (unpaired) electrons. The summed E-state index contributed by atoms with van der Waals surface area (Å²) >= 11 is 0. The number of halogens is 1. The van der Waals surface area contributed by atoms with E-state index in [0.717, 1.165) is 49.0 Å². The second kappa shape index (κ2) is 17.2. The van der Waals surface area contributed by atoms with E-state index in [4.69, 9.17) is 14.6 Å². The summed E-state index contributed by atoms with van der Waals surface area (Å²) < 4.78 is 26.2. The lowest BCUT2D eigenvalue weighted by Crippen LogP contribution is -2.26. The van der Waals surface area contributed by atoms with Crippen LogP contribution in [0.15, 0.2) is 42.5 Å². The molecule has 2 aliphatic rings. The van der Waals surface area contributed by atoms with Gasteiger partial charge in [-0.05, 0) is 79.4 Å². The van der Waals surface area contributed by atoms with Gasteiger partial charge in [-0.25, -0.2) is 9.18 Å². The van der Waals surface area contributed by atoms with E-state index in [0.29, 0.717) is 5.56 Å². The molecule has 6 nitrogen and oxygen atoms in total. The molecule has 7 heteroatoms. The lowest BCUT2D eigenvalue weighted by molar-refractivity contribution is -0.141. The number of carbonyl (C=O) groups is 1. The van der Waals surface area contributed by atoms with Gasteiger partial charge in [-0.15, -0.1) is 0 Å². The Morgan fingerprint density at radius 1 is 0.976 bits per heavy atom. The van der Waals surface area contributed by atoms with Gasteiger partial charge in [0, 0.05) is 11.5 Å². The van der Waals surface area contributed by atoms with Crippen molar-refractivity contribution in [1.82, 2.24) is 0 Å². The molecule has 0 saturated heterocycles. The Kier molecular flexibility index (Phi) is 14.0. The van der Waals surface area contributed by atoms with Crippen molar-refractivity contribution >= 4 is 5.97 Å². The maximum absolute atomic E-state index is 15.5. The van der Waals surface area contributed by atoms with Crippen LogP contribution in [0.5, 0.6) is 0 Å². The van der Waals surface area contributed by atoms with Crippen molar-refractivity contribution < 1.29 is 34.0 Å². The van der Waals surface area contributed by atoms with Crippen LogP contribution in [0.1, 0.15) is 107 Å². The van der Waals surface area contributed by atoms with E-state index in [1.54, 1.807) is 0 Å². The van der Waals surface area contributed by atoms with Crippen molar-refractivity contribution in [2.75, 3.05) is 26.4 Å². The Labute approximate surface area is 245 Å². The first-order valence-corrected chi connectivity index (χ1v) is 15.6. The minimum absolute atomic E-state index is 0.0875. The molecule has 0 heterocycles. The fourth-order valence-corrected chi connectivity index (χ4v) is 6.65. The summed E-state index contributed by atoms with van der Waals surface area (Å²) in [5.74, 6) is 1.09. The van der Waals surface area contributed by atoms with Crippen LogP contribution in [0.4, 0.5) is 4.39 Å². The molecule has 0 aromatic heterocycles. The van der Waals surface area contributed by atoms with E-state index in [1.165, 1.54) is 57.4 Å². The molecule has 0 amide bonds. The smallest absolute Gasteiger partial charge is 0.335 e. The number of hydrogen-bond donors (Lipinski definition) is 3. The average Bonchev–Trinajstić information content (AvgIpc) is 3.00. The van der Waals surface area contributed by atoms with E-state index < -0.39 is 31.4 Å². The molecule has 2 saturated carbocycles. The van der Waals surface area contributed by atoms with Gasteiger partial charge in [0.2, 0.25) is 0 Å². The Morgan fingerprint density at radius 2 is 1.63 bits per heavy atom. The number of aliphatic hydroxyl groups is 3. The summed E-state index contributed by atoms with van der Waals surface area (Å²) in [6, 6.07) is 5.14. The minimum atomic E-state index is -1.40. The van der Waals surface area contributed by atoms with E-state index in [1.807, 2.05) is 12.1 Å². The molecule has 2 fully saturated rings. The SMILES string of the molecule is C=C(CO)C(=O)OCC(COC(O)C(=C)CO)c1ccc(C2CCC(C3CCC(CCCCC)CC3)CC2)c(F)c1. The van der Waals surface area contributed by atoms with E-state index in [-0.39, 0.29) is 36.1 Å². The number of carbonyl (C=O) groups excluding carboxylic acids is 1. The molecular formula is C34H51FO6.